The van der Waals surface area contributed by atoms with Gasteiger partial charge in [-0.15, -0.1) is 0 Å². The Morgan fingerprint density at radius 3 is 2.56 bits per heavy atom. The van der Waals surface area contributed by atoms with E-state index in [1.165, 1.54) is 25.1 Å². The number of hydrogen-bond donors (Lipinski definition) is 2. The minimum atomic E-state index is -2.66. The summed E-state index contributed by atoms with van der Waals surface area (Å²) in [5, 5.41) is 7.38. The third-order valence-corrected chi connectivity index (χ3v) is 11.2. The molecular weight excluding hydrogens is 713 g/mol. The molecule has 11 nitrogen and oxygen atoms in total. The molecule has 0 radical (unpaired) electrons. The van der Waals surface area contributed by atoms with E-state index in [0.717, 1.165) is 61.7 Å². The van der Waals surface area contributed by atoms with E-state index in [2.05, 4.69) is 83.2 Å². The average molecular weight is 765 g/mol. The molecule has 0 atom stereocenters. The van der Waals surface area contributed by atoms with E-state index in [1.807, 2.05) is 30.4 Å². The van der Waals surface area contributed by atoms with Crippen LogP contribution in [-0.4, -0.2) is 114 Å². The molecule has 0 spiro atoms. The highest BCUT2D eigenvalue weighted by Gasteiger charge is 2.27. The third-order valence-electron chi connectivity index (χ3n) is 9.05. The van der Waals surface area contributed by atoms with Gasteiger partial charge in [-0.1, -0.05) is 17.7 Å². The van der Waals surface area contributed by atoms with Crippen molar-refractivity contribution in [1.82, 2.24) is 34.6 Å². The Morgan fingerprint density at radius 1 is 1.06 bits per heavy atom. The van der Waals surface area contributed by atoms with Crippen LogP contribution < -0.4 is 15.9 Å². The SMILES string of the molecule is COC(/C=C/CNc1ncc(Br)c(Nc2ccc(-c3cnccn3)cc2P(C)(C)=O)n1)=C(/C=C(C)C)N1CCC(N2CCCN(C)CC2)CC1. The van der Waals surface area contributed by atoms with Crippen molar-refractivity contribution >= 4 is 45.8 Å². The van der Waals surface area contributed by atoms with Crippen LogP contribution in [0.25, 0.3) is 11.3 Å². The lowest BCUT2D eigenvalue weighted by Gasteiger charge is -2.39. The first-order chi connectivity index (χ1) is 24.0. The molecule has 0 amide bonds. The molecule has 3 aromatic rings. The molecule has 5 rings (SSSR count). The van der Waals surface area contributed by atoms with E-state index in [-0.39, 0.29) is 0 Å². The highest BCUT2D eigenvalue weighted by Crippen LogP contribution is 2.40. The Balaban J connectivity index is 1.26. The standard InChI is InChI=1S/C37H51BrN9O2P/c1-27(2)23-33(47-19-12-29(13-20-47)46-18-8-17-45(3)21-22-46)34(49-4)9-7-14-41-37-42-25-30(38)36(44-37)43-31-11-10-28(24-35(31)50(5,6)48)32-26-39-15-16-40-32/h7,9-11,15-16,23-26,29H,8,12-14,17-22H2,1-6H3,(H2,41,42,43,44)/b9-7+,34-33-. The number of piperidine rings is 1. The molecular formula is C37H51BrN9O2P. The van der Waals surface area contributed by atoms with E-state index < -0.39 is 7.14 Å². The van der Waals surface area contributed by atoms with E-state index in [0.29, 0.717) is 39.8 Å². The van der Waals surface area contributed by atoms with Crippen LogP contribution in [0.2, 0.25) is 0 Å². The van der Waals surface area contributed by atoms with Gasteiger partial charge in [-0.25, -0.2) is 4.98 Å². The number of aromatic nitrogens is 4. The molecule has 0 bridgehead atoms. The highest BCUT2D eigenvalue weighted by atomic mass is 79.9. The monoisotopic (exact) mass is 763 g/mol. The number of likely N-dealkylation sites (N-methyl/N-ethyl adjacent to an activating group) is 1. The summed E-state index contributed by atoms with van der Waals surface area (Å²) in [7, 11) is 1.31. The van der Waals surface area contributed by atoms with Crippen LogP contribution in [-0.2, 0) is 9.30 Å². The number of halogens is 1. The maximum atomic E-state index is 13.4. The van der Waals surface area contributed by atoms with Crippen LogP contribution in [0.5, 0.6) is 0 Å². The van der Waals surface area contributed by atoms with Gasteiger partial charge in [0.15, 0.2) is 0 Å². The Bertz CT molecular complexity index is 1730. The van der Waals surface area contributed by atoms with Crippen molar-refractivity contribution in [3.8, 4) is 11.3 Å². The molecule has 0 saturated carbocycles. The van der Waals surface area contributed by atoms with Gasteiger partial charge in [0.1, 0.15) is 18.7 Å². The van der Waals surface area contributed by atoms with Crippen LogP contribution in [0.15, 0.2) is 82.7 Å². The number of anilines is 3. The average Bonchev–Trinajstić information content (AvgIpc) is 3.33. The maximum absolute atomic E-state index is 13.4. The van der Waals surface area contributed by atoms with Gasteiger partial charge < -0.3 is 29.7 Å². The van der Waals surface area contributed by atoms with Crippen LogP contribution in [0.4, 0.5) is 17.5 Å². The van der Waals surface area contributed by atoms with Gasteiger partial charge in [0.05, 0.1) is 34.9 Å². The number of ether oxygens (including phenoxy) is 1. The lowest BCUT2D eigenvalue weighted by Crippen LogP contribution is -2.45. The van der Waals surface area contributed by atoms with E-state index >= 15 is 0 Å². The van der Waals surface area contributed by atoms with Crippen molar-refractivity contribution in [3.63, 3.8) is 0 Å². The van der Waals surface area contributed by atoms with Gasteiger partial charge in [0, 0.05) is 68.2 Å². The van der Waals surface area contributed by atoms with Crippen molar-refractivity contribution in [1.29, 1.82) is 0 Å². The molecule has 268 valence electrons. The summed E-state index contributed by atoms with van der Waals surface area (Å²) in [5.41, 5.74) is 4.63. The van der Waals surface area contributed by atoms with E-state index in [4.69, 9.17) is 9.72 Å². The first kappa shape index (κ1) is 37.7. The van der Waals surface area contributed by atoms with Crippen LogP contribution in [0, 0.1) is 0 Å². The molecule has 2 fully saturated rings. The van der Waals surface area contributed by atoms with Crippen LogP contribution in [0.1, 0.15) is 33.1 Å². The Kier molecular flexibility index (Phi) is 13.2. The van der Waals surface area contributed by atoms with Gasteiger partial charge in [0.2, 0.25) is 5.95 Å². The molecule has 0 unspecified atom stereocenters. The normalized spacial score (nSPS) is 17.3. The molecule has 4 heterocycles. The molecule has 50 heavy (non-hydrogen) atoms. The second-order valence-electron chi connectivity index (χ2n) is 13.6. The fourth-order valence-corrected chi connectivity index (χ4v) is 7.88. The van der Waals surface area contributed by atoms with Crippen molar-refractivity contribution in [2.24, 2.45) is 0 Å². The number of benzene rings is 1. The predicted molar refractivity (Wildman–Crippen MR) is 209 cm³/mol. The second kappa shape index (κ2) is 17.6. The zero-order chi connectivity index (χ0) is 35.7. The number of hydrogen-bond acceptors (Lipinski definition) is 11. The number of nitrogens with zero attached hydrogens (tertiary/aromatic N) is 7. The Hall–Kier alpha value is -3.57. The van der Waals surface area contributed by atoms with Gasteiger partial charge in [-0.05, 0) is 107 Å². The summed E-state index contributed by atoms with van der Waals surface area (Å²) in [4.78, 5) is 25.4. The molecule has 2 aliphatic rings. The topological polar surface area (TPSA) is 112 Å². The summed E-state index contributed by atoms with van der Waals surface area (Å²) in [5.74, 6) is 1.86. The molecule has 1 aromatic carbocycles. The molecule has 2 aromatic heterocycles. The Morgan fingerprint density at radius 2 is 1.86 bits per heavy atom. The first-order valence-corrected chi connectivity index (χ1v) is 20.7. The van der Waals surface area contributed by atoms with Crippen molar-refractivity contribution < 1.29 is 9.30 Å². The molecule has 0 aliphatic carbocycles. The lowest BCUT2D eigenvalue weighted by atomic mass is 10.0. The van der Waals surface area contributed by atoms with Gasteiger partial charge in [-0.3, -0.25) is 14.9 Å². The minimum absolute atomic E-state index is 0.462. The van der Waals surface area contributed by atoms with Crippen LogP contribution in [0.3, 0.4) is 0 Å². The number of allylic oxidation sites excluding steroid dienone is 3. The summed E-state index contributed by atoms with van der Waals surface area (Å²) in [6.45, 7) is 15.0. The number of likely N-dealkylation sites (tertiary alicyclic amines) is 1. The molecule has 13 heteroatoms. The zero-order valence-corrected chi connectivity index (χ0v) is 32.7. The van der Waals surface area contributed by atoms with Gasteiger partial charge >= 0.3 is 0 Å². The number of nitrogens with one attached hydrogen (secondary N) is 2. The fraction of sp³-hybridized carbons (Fsp3) is 0.459. The Labute approximate surface area is 305 Å². The summed E-state index contributed by atoms with van der Waals surface area (Å²) >= 11 is 3.58. The maximum Gasteiger partial charge on any atom is 0.224 e. The molecule has 2 aliphatic heterocycles. The predicted octanol–water partition coefficient (Wildman–Crippen LogP) is 6.58. The largest absolute Gasteiger partial charge is 0.495 e. The van der Waals surface area contributed by atoms with Gasteiger partial charge in [-0.2, -0.15) is 4.98 Å². The zero-order valence-electron chi connectivity index (χ0n) is 30.2. The highest BCUT2D eigenvalue weighted by molar-refractivity contribution is 9.10. The quantitative estimate of drug-likeness (QED) is 0.119. The summed E-state index contributed by atoms with van der Waals surface area (Å²) in [6.07, 6.45) is 16.5. The van der Waals surface area contributed by atoms with Crippen molar-refractivity contribution in [2.45, 2.75) is 39.2 Å². The number of methoxy groups -OCH3 is 1. The first-order valence-electron chi connectivity index (χ1n) is 17.3. The third kappa shape index (κ3) is 10.2. The van der Waals surface area contributed by atoms with E-state index in [9.17, 15) is 4.57 Å². The summed E-state index contributed by atoms with van der Waals surface area (Å²) in [6, 6.07) is 6.40. The second-order valence-corrected chi connectivity index (χ2v) is 17.6. The van der Waals surface area contributed by atoms with Crippen molar-refractivity contribution in [3.05, 3.63) is 82.7 Å². The smallest absolute Gasteiger partial charge is 0.224 e. The van der Waals surface area contributed by atoms with Gasteiger partial charge in [0.25, 0.3) is 0 Å². The minimum Gasteiger partial charge on any atom is -0.495 e. The van der Waals surface area contributed by atoms with E-state index in [1.54, 1.807) is 45.2 Å². The van der Waals surface area contributed by atoms with Crippen molar-refractivity contribution in [2.75, 3.05) is 83.9 Å². The number of rotatable bonds is 12. The molecule has 2 saturated heterocycles. The molecule has 2 N–H and O–H groups in total. The summed E-state index contributed by atoms with van der Waals surface area (Å²) < 4.78 is 20.0. The lowest BCUT2D eigenvalue weighted by molar-refractivity contribution is 0.126. The van der Waals surface area contributed by atoms with Crippen LogP contribution >= 0.6 is 23.1 Å². The fourth-order valence-electron chi connectivity index (χ4n) is 6.43.